The summed E-state index contributed by atoms with van der Waals surface area (Å²) in [4.78, 5) is 15.2. The molecule has 0 saturated heterocycles. The number of hydrogen-bond acceptors (Lipinski definition) is 3. The molecular formula is C16H18N2O2S. The minimum absolute atomic E-state index is 0.0575. The van der Waals surface area contributed by atoms with Crippen molar-refractivity contribution in [1.82, 2.24) is 10.2 Å². The van der Waals surface area contributed by atoms with E-state index >= 15 is 0 Å². The largest absolute Gasteiger partial charge is 0.491 e. The summed E-state index contributed by atoms with van der Waals surface area (Å²) in [5.74, 6) is 0.865. The molecule has 21 heavy (non-hydrogen) atoms. The van der Waals surface area contributed by atoms with Crippen molar-refractivity contribution in [3.05, 3.63) is 52.2 Å². The predicted molar refractivity (Wildman–Crippen MR) is 83.9 cm³/mol. The van der Waals surface area contributed by atoms with Gasteiger partial charge in [-0.3, -0.25) is 0 Å². The standard InChI is InChI=1S/C16H18N2O2S/c1-18(9-8-12-5-4-10-21-12)16(19)17-14-11-20-15-7-3-2-6-13(14)15/h2-7,10,14H,8-9,11H2,1H3,(H,17,19)/t14-/m0/s1. The lowest BCUT2D eigenvalue weighted by molar-refractivity contribution is 0.201. The Labute approximate surface area is 128 Å². The maximum atomic E-state index is 12.2. The SMILES string of the molecule is CN(CCc1cccs1)C(=O)N[C@H]1COc2ccccc21. The van der Waals surface area contributed by atoms with Crippen molar-refractivity contribution in [1.29, 1.82) is 0 Å². The van der Waals surface area contributed by atoms with Crippen LogP contribution in [0.2, 0.25) is 0 Å². The molecule has 3 rings (SSSR count). The summed E-state index contributed by atoms with van der Waals surface area (Å²) in [7, 11) is 1.82. The van der Waals surface area contributed by atoms with Crippen LogP contribution >= 0.6 is 11.3 Å². The molecular weight excluding hydrogens is 284 g/mol. The Morgan fingerprint density at radius 1 is 1.38 bits per heavy atom. The number of nitrogens with zero attached hydrogens (tertiary/aromatic N) is 1. The summed E-state index contributed by atoms with van der Waals surface area (Å²) in [6, 6.07) is 11.9. The number of para-hydroxylation sites is 1. The number of amides is 2. The van der Waals surface area contributed by atoms with Crippen molar-refractivity contribution >= 4 is 17.4 Å². The van der Waals surface area contributed by atoms with E-state index in [-0.39, 0.29) is 12.1 Å². The molecule has 1 N–H and O–H groups in total. The van der Waals surface area contributed by atoms with Crippen LogP contribution in [0.25, 0.3) is 0 Å². The number of benzene rings is 1. The Hall–Kier alpha value is -2.01. The Bertz CT molecular complexity index is 612. The molecule has 1 aromatic heterocycles. The van der Waals surface area contributed by atoms with Crippen LogP contribution < -0.4 is 10.1 Å². The fraction of sp³-hybridized carbons (Fsp3) is 0.312. The summed E-state index contributed by atoms with van der Waals surface area (Å²) in [5, 5.41) is 5.09. The molecule has 110 valence electrons. The van der Waals surface area contributed by atoms with E-state index < -0.39 is 0 Å². The van der Waals surface area contributed by atoms with E-state index in [1.165, 1.54) is 4.88 Å². The second-order valence-electron chi connectivity index (χ2n) is 5.10. The lowest BCUT2D eigenvalue weighted by atomic mass is 10.1. The first-order valence-electron chi connectivity index (χ1n) is 7.00. The molecule has 1 aliphatic rings. The van der Waals surface area contributed by atoms with E-state index in [0.717, 1.165) is 17.7 Å². The summed E-state index contributed by atoms with van der Waals surface area (Å²) in [5.41, 5.74) is 1.05. The number of thiophene rings is 1. The fourth-order valence-electron chi connectivity index (χ4n) is 2.38. The molecule has 2 heterocycles. The van der Waals surface area contributed by atoms with Gasteiger partial charge in [0.1, 0.15) is 12.4 Å². The number of urea groups is 1. The third-order valence-corrected chi connectivity index (χ3v) is 4.55. The molecule has 0 aliphatic carbocycles. The van der Waals surface area contributed by atoms with Crippen LogP contribution in [0.3, 0.4) is 0 Å². The highest BCUT2D eigenvalue weighted by Gasteiger charge is 2.25. The van der Waals surface area contributed by atoms with Crippen LogP contribution in [0, 0.1) is 0 Å². The monoisotopic (exact) mass is 302 g/mol. The number of rotatable bonds is 4. The number of carbonyl (C=O) groups excluding carboxylic acids is 1. The van der Waals surface area contributed by atoms with Gasteiger partial charge in [0.15, 0.2) is 0 Å². The average Bonchev–Trinajstić information content (AvgIpc) is 3.15. The zero-order chi connectivity index (χ0) is 14.7. The lowest BCUT2D eigenvalue weighted by Crippen LogP contribution is -2.40. The third-order valence-electron chi connectivity index (χ3n) is 3.62. The zero-order valence-corrected chi connectivity index (χ0v) is 12.7. The molecule has 0 radical (unpaired) electrons. The third kappa shape index (κ3) is 3.19. The van der Waals surface area contributed by atoms with Crippen molar-refractivity contribution in [2.75, 3.05) is 20.2 Å². The molecule has 5 heteroatoms. The van der Waals surface area contributed by atoms with E-state index in [2.05, 4.69) is 16.8 Å². The summed E-state index contributed by atoms with van der Waals surface area (Å²) < 4.78 is 5.58. The number of hydrogen-bond donors (Lipinski definition) is 1. The molecule has 2 amide bonds. The molecule has 0 spiro atoms. The minimum atomic E-state index is -0.0585. The van der Waals surface area contributed by atoms with Crippen LogP contribution in [-0.2, 0) is 6.42 Å². The molecule has 0 bridgehead atoms. The maximum Gasteiger partial charge on any atom is 0.317 e. The van der Waals surface area contributed by atoms with Gasteiger partial charge >= 0.3 is 6.03 Å². The number of fused-ring (bicyclic) bond motifs is 1. The first-order chi connectivity index (χ1) is 10.2. The summed E-state index contributed by atoms with van der Waals surface area (Å²) >= 11 is 1.72. The summed E-state index contributed by atoms with van der Waals surface area (Å²) in [6.07, 6.45) is 0.888. The lowest BCUT2D eigenvalue weighted by Gasteiger charge is -2.20. The normalized spacial score (nSPS) is 16.1. The number of carbonyl (C=O) groups is 1. The van der Waals surface area contributed by atoms with Gasteiger partial charge in [-0.2, -0.15) is 0 Å². The Morgan fingerprint density at radius 3 is 3.05 bits per heavy atom. The van der Waals surface area contributed by atoms with Gasteiger partial charge in [0.05, 0.1) is 6.04 Å². The minimum Gasteiger partial charge on any atom is -0.491 e. The number of ether oxygens (including phenoxy) is 1. The van der Waals surface area contributed by atoms with E-state index in [0.29, 0.717) is 13.2 Å². The maximum absolute atomic E-state index is 12.2. The second-order valence-corrected chi connectivity index (χ2v) is 6.13. The quantitative estimate of drug-likeness (QED) is 0.943. The van der Waals surface area contributed by atoms with Crippen LogP contribution in [0.15, 0.2) is 41.8 Å². The van der Waals surface area contributed by atoms with Gasteiger partial charge in [-0.05, 0) is 23.9 Å². The first kappa shape index (κ1) is 13.9. The molecule has 1 aliphatic heterocycles. The summed E-state index contributed by atoms with van der Waals surface area (Å²) in [6.45, 7) is 1.21. The number of nitrogens with one attached hydrogen (secondary N) is 1. The van der Waals surface area contributed by atoms with Gasteiger partial charge in [0.2, 0.25) is 0 Å². The first-order valence-corrected chi connectivity index (χ1v) is 7.88. The van der Waals surface area contributed by atoms with Crippen molar-refractivity contribution in [2.45, 2.75) is 12.5 Å². The molecule has 1 aromatic carbocycles. The Kier molecular flexibility index (Phi) is 4.10. The van der Waals surface area contributed by atoms with Gasteiger partial charge in [0, 0.05) is 24.0 Å². The Balaban J connectivity index is 1.54. The highest BCUT2D eigenvalue weighted by atomic mass is 32.1. The average molecular weight is 302 g/mol. The molecule has 0 fully saturated rings. The van der Waals surface area contributed by atoms with Crippen molar-refractivity contribution < 1.29 is 9.53 Å². The van der Waals surface area contributed by atoms with E-state index in [1.54, 1.807) is 16.2 Å². The van der Waals surface area contributed by atoms with Crippen LogP contribution in [0.5, 0.6) is 5.75 Å². The van der Waals surface area contributed by atoms with Crippen molar-refractivity contribution in [2.24, 2.45) is 0 Å². The highest BCUT2D eigenvalue weighted by molar-refractivity contribution is 7.09. The van der Waals surface area contributed by atoms with Gasteiger partial charge in [-0.1, -0.05) is 24.3 Å². The van der Waals surface area contributed by atoms with Gasteiger partial charge < -0.3 is 15.0 Å². The number of likely N-dealkylation sites (N-methyl/N-ethyl adjacent to an activating group) is 1. The van der Waals surface area contributed by atoms with Gasteiger partial charge in [0.25, 0.3) is 0 Å². The van der Waals surface area contributed by atoms with Gasteiger partial charge in [-0.15, -0.1) is 11.3 Å². The molecule has 2 aromatic rings. The van der Waals surface area contributed by atoms with E-state index in [4.69, 9.17) is 4.74 Å². The van der Waals surface area contributed by atoms with Crippen molar-refractivity contribution in [3.8, 4) is 5.75 Å². The smallest absolute Gasteiger partial charge is 0.317 e. The van der Waals surface area contributed by atoms with Crippen LogP contribution in [0.4, 0.5) is 4.79 Å². The zero-order valence-electron chi connectivity index (χ0n) is 11.9. The second kappa shape index (κ2) is 6.18. The van der Waals surface area contributed by atoms with E-state index in [9.17, 15) is 4.79 Å². The van der Waals surface area contributed by atoms with Crippen LogP contribution in [-0.4, -0.2) is 31.1 Å². The Morgan fingerprint density at radius 2 is 2.24 bits per heavy atom. The topological polar surface area (TPSA) is 41.6 Å². The highest BCUT2D eigenvalue weighted by Crippen LogP contribution is 2.31. The molecule has 0 saturated carbocycles. The molecule has 1 atom stereocenters. The molecule has 4 nitrogen and oxygen atoms in total. The van der Waals surface area contributed by atoms with E-state index in [1.807, 2.05) is 37.4 Å². The molecule has 0 unspecified atom stereocenters. The van der Waals surface area contributed by atoms with Crippen molar-refractivity contribution in [3.63, 3.8) is 0 Å². The van der Waals surface area contributed by atoms with Gasteiger partial charge in [-0.25, -0.2) is 4.79 Å². The van der Waals surface area contributed by atoms with Crippen LogP contribution in [0.1, 0.15) is 16.5 Å². The fourth-order valence-corrected chi connectivity index (χ4v) is 3.07. The predicted octanol–water partition coefficient (Wildman–Crippen LogP) is 3.07.